The lowest BCUT2D eigenvalue weighted by molar-refractivity contribution is -0.0617. The van der Waals surface area contributed by atoms with Crippen LogP contribution in [0.15, 0.2) is 24.4 Å². The number of methoxy groups -OCH3 is 1. The number of nitrogens with one attached hydrogen (secondary N) is 1. The van der Waals surface area contributed by atoms with Crippen molar-refractivity contribution in [2.75, 3.05) is 32.2 Å². The molecule has 2 aliphatic heterocycles. The largest absolute Gasteiger partial charge is 0.490 e. The molecule has 1 aromatic carbocycles. The Morgan fingerprint density at radius 1 is 1.38 bits per heavy atom. The summed E-state index contributed by atoms with van der Waals surface area (Å²) in [4.78, 5) is 4.40. The van der Waals surface area contributed by atoms with Crippen LogP contribution < -0.4 is 20.5 Å². The molecule has 10 nitrogen and oxygen atoms in total. The fraction of sp³-hybridized carbons (Fsp3) is 0.444. The molecular formula is C18H22N4O6S. The van der Waals surface area contributed by atoms with Crippen molar-refractivity contribution in [3.05, 3.63) is 29.2 Å². The molecule has 0 aliphatic carbocycles. The van der Waals surface area contributed by atoms with Crippen LogP contribution in [0.25, 0.3) is 0 Å². The topological polar surface area (TPSA) is 133 Å². The normalized spacial score (nSPS) is 25.0. The highest BCUT2D eigenvalue weighted by molar-refractivity contribution is 7.71. The van der Waals surface area contributed by atoms with Gasteiger partial charge in [0.05, 0.1) is 12.8 Å². The van der Waals surface area contributed by atoms with Crippen molar-refractivity contribution in [1.29, 1.82) is 0 Å². The Labute approximate surface area is 171 Å². The van der Waals surface area contributed by atoms with E-state index in [0.29, 0.717) is 41.9 Å². The number of aromatic nitrogens is 2. The standard InChI is InChI=1S/C18H22N4O6S/c1-25-15-14(24)12(8-23)28-17(15)22-7-11-16(21-18(22)29)20-13-9(26-6-5-19)3-2-4-10(13)27-11/h2-4,7,12,14-15,17,23-24H,5-6,8,19H2,1H3,(H,20,21,29)/t12-,14?,15?,17-/m1/s1. The first-order chi connectivity index (χ1) is 14.1. The highest BCUT2D eigenvalue weighted by atomic mass is 32.1. The summed E-state index contributed by atoms with van der Waals surface area (Å²) in [5, 5.41) is 22.9. The van der Waals surface area contributed by atoms with Crippen LogP contribution in [0.1, 0.15) is 6.23 Å². The molecule has 0 amide bonds. The van der Waals surface area contributed by atoms with E-state index < -0.39 is 24.5 Å². The zero-order valence-corrected chi connectivity index (χ0v) is 16.5. The number of rotatable bonds is 6. The molecule has 156 valence electrons. The Morgan fingerprint density at radius 2 is 2.21 bits per heavy atom. The van der Waals surface area contributed by atoms with Gasteiger partial charge in [0.1, 0.15) is 36.4 Å². The molecule has 4 atom stereocenters. The van der Waals surface area contributed by atoms with Crippen LogP contribution in [0.3, 0.4) is 0 Å². The molecule has 11 heteroatoms. The smallest absolute Gasteiger partial charge is 0.203 e. The summed E-state index contributed by atoms with van der Waals surface area (Å²) in [5.41, 5.74) is 6.15. The van der Waals surface area contributed by atoms with E-state index in [1.165, 1.54) is 7.11 Å². The third-order valence-electron chi connectivity index (χ3n) is 4.78. The molecular weight excluding hydrogens is 400 g/mol. The van der Waals surface area contributed by atoms with Crippen LogP contribution in [0.2, 0.25) is 0 Å². The summed E-state index contributed by atoms with van der Waals surface area (Å²) in [6.07, 6.45) is -1.64. The molecule has 1 fully saturated rings. The Kier molecular flexibility index (Phi) is 5.67. The van der Waals surface area contributed by atoms with Crippen LogP contribution in [0.5, 0.6) is 17.2 Å². The van der Waals surface area contributed by atoms with Gasteiger partial charge in [0.2, 0.25) is 4.77 Å². The van der Waals surface area contributed by atoms with E-state index >= 15 is 0 Å². The second-order valence-corrected chi connectivity index (χ2v) is 6.94. The number of nitrogens with zero attached hydrogens (tertiary/aromatic N) is 2. The Morgan fingerprint density at radius 3 is 2.93 bits per heavy atom. The van der Waals surface area contributed by atoms with E-state index in [9.17, 15) is 10.2 Å². The second-order valence-electron chi connectivity index (χ2n) is 6.58. The molecule has 1 saturated heterocycles. The highest BCUT2D eigenvalue weighted by Gasteiger charge is 2.45. The van der Waals surface area contributed by atoms with Crippen molar-refractivity contribution < 1.29 is 29.2 Å². The molecule has 1 aromatic heterocycles. The minimum absolute atomic E-state index is 0.196. The molecule has 0 radical (unpaired) electrons. The summed E-state index contributed by atoms with van der Waals surface area (Å²) in [6.45, 7) is 0.407. The van der Waals surface area contributed by atoms with Crippen molar-refractivity contribution in [1.82, 2.24) is 9.55 Å². The van der Waals surface area contributed by atoms with Crippen molar-refractivity contribution in [2.45, 2.75) is 24.5 Å². The minimum Gasteiger partial charge on any atom is -0.490 e. The average Bonchev–Trinajstić information content (AvgIpc) is 3.05. The summed E-state index contributed by atoms with van der Waals surface area (Å²) in [6, 6.07) is 5.41. The summed E-state index contributed by atoms with van der Waals surface area (Å²) >= 11 is 5.42. The van der Waals surface area contributed by atoms with Crippen LogP contribution in [-0.2, 0) is 9.47 Å². The van der Waals surface area contributed by atoms with Gasteiger partial charge in [-0.25, -0.2) is 0 Å². The Bertz CT molecular complexity index is 954. The van der Waals surface area contributed by atoms with Gasteiger partial charge in [-0.1, -0.05) is 6.07 Å². The summed E-state index contributed by atoms with van der Waals surface area (Å²) < 4.78 is 24.5. The van der Waals surface area contributed by atoms with Crippen molar-refractivity contribution >= 4 is 23.7 Å². The third-order valence-corrected chi connectivity index (χ3v) is 5.09. The Balaban J connectivity index is 1.67. The molecule has 29 heavy (non-hydrogen) atoms. The van der Waals surface area contributed by atoms with E-state index in [1.54, 1.807) is 22.9 Å². The molecule has 0 saturated carbocycles. The second kappa shape index (κ2) is 8.22. The van der Waals surface area contributed by atoms with E-state index in [0.717, 1.165) is 0 Å². The SMILES string of the molecule is COC1C(O)[C@@H](CO)O[C@H]1n1cc2c(nc1=S)Nc1c(OCCN)cccc1O2. The van der Waals surface area contributed by atoms with Gasteiger partial charge in [0.25, 0.3) is 0 Å². The number of fused-ring (bicyclic) bond motifs is 2. The minimum atomic E-state index is -1.00. The first-order valence-electron chi connectivity index (χ1n) is 9.08. The monoisotopic (exact) mass is 422 g/mol. The Hall–Kier alpha value is -2.28. The number of ether oxygens (including phenoxy) is 4. The third kappa shape index (κ3) is 3.56. The number of aliphatic hydroxyl groups is 2. The van der Waals surface area contributed by atoms with E-state index in [2.05, 4.69) is 10.3 Å². The lowest BCUT2D eigenvalue weighted by atomic mass is 10.1. The number of nitrogens with two attached hydrogens (primary N) is 1. The van der Waals surface area contributed by atoms with Crippen LogP contribution in [0.4, 0.5) is 11.5 Å². The molecule has 2 aliphatic rings. The maximum atomic E-state index is 10.3. The van der Waals surface area contributed by atoms with Gasteiger partial charge in [0, 0.05) is 13.7 Å². The van der Waals surface area contributed by atoms with Gasteiger partial charge in [-0.3, -0.25) is 4.57 Å². The molecule has 0 bridgehead atoms. The van der Waals surface area contributed by atoms with Crippen molar-refractivity contribution in [2.24, 2.45) is 5.73 Å². The van der Waals surface area contributed by atoms with Gasteiger partial charge in [-0.2, -0.15) is 4.98 Å². The number of hydrogen-bond donors (Lipinski definition) is 4. The van der Waals surface area contributed by atoms with E-state index in [4.69, 9.17) is 36.9 Å². The predicted octanol–water partition coefficient (Wildman–Crippen LogP) is 1.06. The summed E-state index contributed by atoms with van der Waals surface area (Å²) in [5.74, 6) is 1.99. The quantitative estimate of drug-likeness (QED) is 0.427. The maximum Gasteiger partial charge on any atom is 0.203 e. The van der Waals surface area contributed by atoms with E-state index in [-0.39, 0.29) is 11.4 Å². The predicted molar refractivity (Wildman–Crippen MR) is 105 cm³/mol. The van der Waals surface area contributed by atoms with Gasteiger partial charge >= 0.3 is 0 Å². The fourth-order valence-electron chi connectivity index (χ4n) is 3.39. The number of para-hydroxylation sites is 1. The van der Waals surface area contributed by atoms with E-state index in [1.807, 2.05) is 6.07 Å². The van der Waals surface area contributed by atoms with Gasteiger partial charge in [-0.05, 0) is 24.4 Å². The van der Waals surface area contributed by atoms with Crippen LogP contribution in [0, 0.1) is 4.77 Å². The first kappa shape index (κ1) is 20.0. The average molecular weight is 422 g/mol. The van der Waals surface area contributed by atoms with Crippen molar-refractivity contribution in [3.8, 4) is 17.2 Å². The van der Waals surface area contributed by atoms with Crippen LogP contribution in [-0.4, -0.2) is 64.9 Å². The van der Waals surface area contributed by atoms with Crippen LogP contribution >= 0.6 is 12.2 Å². The molecule has 0 spiro atoms. The number of aliphatic hydroxyl groups excluding tert-OH is 2. The molecule has 2 aromatic rings. The zero-order chi connectivity index (χ0) is 20.5. The summed E-state index contributed by atoms with van der Waals surface area (Å²) in [7, 11) is 1.45. The lowest BCUT2D eigenvalue weighted by Crippen LogP contribution is -2.34. The van der Waals surface area contributed by atoms with Gasteiger partial charge in [0.15, 0.2) is 23.5 Å². The number of anilines is 2. The number of hydrogen-bond acceptors (Lipinski definition) is 10. The number of benzene rings is 1. The van der Waals surface area contributed by atoms with Crippen molar-refractivity contribution in [3.63, 3.8) is 0 Å². The fourth-order valence-corrected chi connectivity index (χ4v) is 3.64. The lowest BCUT2D eigenvalue weighted by Gasteiger charge is -2.26. The first-order valence-corrected chi connectivity index (χ1v) is 9.49. The zero-order valence-electron chi connectivity index (χ0n) is 15.6. The van der Waals surface area contributed by atoms with Gasteiger partial charge < -0.3 is 40.2 Å². The molecule has 5 N–H and O–H groups in total. The maximum absolute atomic E-state index is 10.3. The molecule has 3 heterocycles. The van der Waals surface area contributed by atoms with Gasteiger partial charge in [-0.15, -0.1) is 0 Å². The highest BCUT2D eigenvalue weighted by Crippen LogP contribution is 2.46. The molecule has 2 unspecified atom stereocenters. The molecule has 4 rings (SSSR count).